The van der Waals surface area contributed by atoms with Gasteiger partial charge in [0.1, 0.15) is 0 Å². The van der Waals surface area contributed by atoms with Gasteiger partial charge >= 0.3 is 0 Å². The second kappa shape index (κ2) is 14.9. The number of hydrogen-bond donors (Lipinski definition) is 1. The first kappa shape index (κ1) is 40.9. The zero-order chi connectivity index (χ0) is 36.8. The number of hydrogen-bond acceptors (Lipinski definition) is 4. The quantitative estimate of drug-likeness (QED) is 0.148. The summed E-state index contributed by atoms with van der Waals surface area (Å²) in [5.41, 5.74) is 4.84. The fourth-order valence-corrected chi connectivity index (χ4v) is 11.9. The summed E-state index contributed by atoms with van der Waals surface area (Å²) in [6.45, 7) is 37.0. The monoisotopic (exact) mass is 724 g/mol. The number of allylic oxidation sites excluding steroid dienone is 3. The second-order valence-electron chi connectivity index (χ2n) is 19.8. The van der Waals surface area contributed by atoms with Gasteiger partial charge < -0.3 is 14.0 Å². The van der Waals surface area contributed by atoms with E-state index in [1.807, 2.05) is 31.7 Å². The summed E-state index contributed by atoms with van der Waals surface area (Å²) in [5.74, 6) is 3.18. The minimum atomic E-state index is -1.99. The number of fused-ring (bicyclic) bond motifs is 1. The van der Waals surface area contributed by atoms with Crippen molar-refractivity contribution in [1.29, 1.82) is 0 Å². The summed E-state index contributed by atoms with van der Waals surface area (Å²) >= 11 is 1.96. The largest absolute Gasteiger partial charge is 0.410 e. The molecule has 3 fully saturated rings. The summed E-state index contributed by atoms with van der Waals surface area (Å²) < 4.78 is 14.2. The number of rotatable bonds is 10. The van der Waals surface area contributed by atoms with Crippen LogP contribution in [-0.4, -0.2) is 39.7 Å². The van der Waals surface area contributed by atoms with E-state index < -0.39 is 22.2 Å². The SMILES string of the molecule is C=C1[C@H](O[Si](C)(C)C(C)(C)C)CC(=C/C=C2\CCC[C@@]3(C)C2CC[C@@H]3[C@@H](C)CSc2cccc(C(C)(C)O)c2)C[C@H]1O[Si](C)(C)C(C)(C)C. The molecule has 0 bridgehead atoms. The predicted octanol–water partition coefficient (Wildman–Crippen LogP) is 12.8. The maximum absolute atomic E-state index is 10.5. The Morgan fingerprint density at radius 2 is 1.51 bits per heavy atom. The van der Waals surface area contributed by atoms with Gasteiger partial charge in [0.25, 0.3) is 0 Å². The fraction of sp³-hybridized carbons (Fsp3) is 0.721. The molecule has 1 N–H and O–H groups in total. The molecule has 0 aliphatic heterocycles. The van der Waals surface area contributed by atoms with Crippen molar-refractivity contribution in [3.05, 3.63) is 65.3 Å². The molecular formula is C43H72O3SSi2. The zero-order valence-electron chi connectivity index (χ0n) is 33.9. The van der Waals surface area contributed by atoms with E-state index in [4.69, 9.17) is 8.85 Å². The van der Waals surface area contributed by atoms with Crippen molar-refractivity contribution < 1.29 is 14.0 Å². The Labute approximate surface area is 308 Å². The molecule has 0 spiro atoms. The molecule has 4 rings (SSSR count). The Hall–Kier alpha value is -0.896. The molecule has 3 nitrogen and oxygen atoms in total. The van der Waals surface area contributed by atoms with Gasteiger partial charge in [0.2, 0.25) is 0 Å². The molecule has 1 unspecified atom stereocenters. The van der Waals surface area contributed by atoms with Crippen molar-refractivity contribution in [3.63, 3.8) is 0 Å². The lowest BCUT2D eigenvalue weighted by Crippen LogP contribution is -2.49. The van der Waals surface area contributed by atoms with Gasteiger partial charge in [-0.1, -0.05) is 97.4 Å². The van der Waals surface area contributed by atoms with Crippen molar-refractivity contribution in [2.75, 3.05) is 5.75 Å². The summed E-state index contributed by atoms with van der Waals surface area (Å²) in [4.78, 5) is 1.27. The van der Waals surface area contributed by atoms with Crippen LogP contribution in [0.5, 0.6) is 0 Å². The number of aliphatic hydroxyl groups is 1. The van der Waals surface area contributed by atoms with Gasteiger partial charge in [0.05, 0.1) is 17.8 Å². The van der Waals surface area contributed by atoms with E-state index in [9.17, 15) is 5.11 Å². The molecule has 6 heteroatoms. The van der Waals surface area contributed by atoms with Crippen molar-refractivity contribution in [3.8, 4) is 0 Å². The van der Waals surface area contributed by atoms with Crippen LogP contribution in [0.1, 0.15) is 120 Å². The Bertz CT molecular complexity index is 1350. The van der Waals surface area contributed by atoms with Crippen molar-refractivity contribution in [2.45, 2.75) is 173 Å². The smallest absolute Gasteiger partial charge is 0.192 e. The maximum atomic E-state index is 10.5. The molecule has 0 heterocycles. The standard InChI is InChI=1S/C43H72O3SSi2/c1-30(29-47-35-20-16-19-34(28-35)42(9,10)44)36-23-24-37-33(18-17-25-43(36,37)11)22-21-32-26-38(45-48(12,13)40(3,4)5)31(2)39(27-32)46-49(14,15)41(6,7)8/h16,19-22,28,30,36-39,44H,2,17-18,23-27,29H2,1,3-15H3/b33-22+/t30-,36+,37?,38+,39+,43+/m0/s1. The lowest BCUT2D eigenvalue weighted by Gasteiger charge is -2.46. The third kappa shape index (κ3) is 9.37. The molecule has 1 aromatic rings. The van der Waals surface area contributed by atoms with Crippen LogP contribution < -0.4 is 0 Å². The zero-order valence-corrected chi connectivity index (χ0v) is 36.7. The molecule has 3 aliphatic rings. The van der Waals surface area contributed by atoms with E-state index in [0.717, 1.165) is 35.6 Å². The molecule has 276 valence electrons. The molecule has 0 radical (unpaired) electrons. The van der Waals surface area contributed by atoms with E-state index in [-0.39, 0.29) is 22.3 Å². The number of thioether (sulfide) groups is 1. The van der Waals surface area contributed by atoms with Crippen LogP contribution in [0.2, 0.25) is 36.3 Å². The highest BCUT2D eigenvalue weighted by atomic mass is 32.2. The summed E-state index contributed by atoms with van der Waals surface area (Å²) in [6.07, 6.45) is 13.4. The minimum Gasteiger partial charge on any atom is -0.410 e. The molecular weight excluding hydrogens is 653 g/mol. The highest BCUT2D eigenvalue weighted by Gasteiger charge is 2.51. The second-order valence-corrected chi connectivity index (χ2v) is 30.4. The van der Waals surface area contributed by atoms with Crippen LogP contribution in [0.15, 0.2) is 64.6 Å². The van der Waals surface area contributed by atoms with E-state index in [0.29, 0.717) is 17.3 Å². The third-order valence-electron chi connectivity index (χ3n) is 13.5. The molecule has 0 saturated heterocycles. The van der Waals surface area contributed by atoms with Crippen LogP contribution in [0.3, 0.4) is 0 Å². The van der Waals surface area contributed by atoms with E-state index >= 15 is 0 Å². The van der Waals surface area contributed by atoms with Gasteiger partial charge in [-0.2, -0.15) is 0 Å². The van der Waals surface area contributed by atoms with Crippen LogP contribution in [0.4, 0.5) is 0 Å². The normalized spacial score (nSPS) is 28.9. The van der Waals surface area contributed by atoms with Crippen molar-refractivity contribution >= 4 is 28.4 Å². The van der Waals surface area contributed by atoms with Gasteiger partial charge in [0.15, 0.2) is 16.6 Å². The van der Waals surface area contributed by atoms with Crippen molar-refractivity contribution in [1.82, 2.24) is 0 Å². The lowest BCUT2D eigenvalue weighted by atomic mass is 9.61. The summed E-state index contributed by atoms with van der Waals surface area (Å²) in [5, 5.41) is 10.8. The van der Waals surface area contributed by atoms with Gasteiger partial charge in [-0.15, -0.1) is 11.8 Å². The maximum Gasteiger partial charge on any atom is 0.192 e. The van der Waals surface area contributed by atoms with Crippen LogP contribution in [-0.2, 0) is 14.5 Å². The molecule has 49 heavy (non-hydrogen) atoms. The predicted molar refractivity (Wildman–Crippen MR) is 218 cm³/mol. The van der Waals surface area contributed by atoms with E-state index in [1.165, 1.54) is 42.6 Å². The van der Waals surface area contributed by atoms with Crippen LogP contribution in [0, 0.1) is 23.2 Å². The lowest BCUT2D eigenvalue weighted by molar-refractivity contribution is 0.0784. The molecule has 3 saturated carbocycles. The number of benzene rings is 1. The highest BCUT2D eigenvalue weighted by Crippen LogP contribution is 2.60. The topological polar surface area (TPSA) is 38.7 Å². The van der Waals surface area contributed by atoms with Crippen LogP contribution in [0.25, 0.3) is 0 Å². The molecule has 0 amide bonds. The van der Waals surface area contributed by atoms with Gasteiger partial charge in [-0.25, -0.2) is 0 Å². The Morgan fingerprint density at radius 3 is 2.04 bits per heavy atom. The average molecular weight is 725 g/mol. The first-order chi connectivity index (χ1) is 22.4. The molecule has 6 atom stereocenters. The highest BCUT2D eigenvalue weighted by molar-refractivity contribution is 7.99. The summed E-state index contributed by atoms with van der Waals surface area (Å²) in [6, 6.07) is 8.50. The fourth-order valence-electron chi connectivity index (χ4n) is 8.21. The average Bonchev–Trinajstić information content (AvgIpc) is 3.33. The first-order valence-corrected chi connectivity index (χ1v) is 26.0. The van der Waals surface area contributed by atoms with Crippen LogP contribution >= 0.6 is 11.8 Å². The first-order valence-electron chi connectivity index (χ1n) is 19.2. The van der Waals surface area contributed by atoms with Gasteiger partial charge in [0, 0.05) is 10.6 Å². The molecule has 0 aromatic heterocycles. The molecule has 3 aliphatic carbocycles. The third-order valence-corrected chi connectivity index (χ3v) is 23.8. The Kier molecular flexibility index (Phi) is 12.4. The van der Waals surface area contributed by atoms with Gasteiger partial charge in [-0.05, 0) is 141 Å². The Morgan fingerprint density at radius 1 is 0.939 bits per heavy atom. The van der Waals surface area contributed by atoms with Gasteiger partial charge in [-0.3, -0.25) is 0 Å². The van der Waals surface area contributed by atoms with Crippen molar-refractivity contribution in [2.24, 2.45) is 23.2 Å². The summed E-state index contributed by atoms with van der Waals surface area (Å²) in [7, 11) is -3.98. The Balaban J connectivity index is 1.54. The molecule has 1 aromatic carbocycles. The minimum absolute atomic E-state index is 0.0176. The van der Waals surface area contributed by atoms with E-state index in [1.54, 1.807) is 5.57 Å². The van der Waals surface area contributed by atoms with E-state index in [2.05, 4.69) is 119 Å².